The van der Waals surface area contributed by atoms with Crippen LogP contribution in [0.2, 0.25) is 5.02 Å². The first-order valence-electron chi connectivity index (χ1n) is 8.39. The Morgan fingerprint density at radius 3 is 2.48 bits per heavy atom. The number of hydrogen-bond donors (Lipinski definition) is 1. The van der Waals surface area contributed by atoms with Crippen molar-refractivity contribution in [1.29, 1.82) is 0 Å². The van der Waals surface area contributed by atoms with Gasteiger partial charge in [0, 0.05) is 16.8 Å². The number of benzene rings is 2. The lowest BCUT2D eigenvalue weighted by Crippen LogP contribution is -2.32. The maximum absolute atomic E-state index is 12.5. The normalized spacial score (nSPS) is 11.9. The summed E-state index contributed by atoms with van der Waals surface area (Å²) in [5.74, 6) is 1.15. The molecule has 1 atom stereocenters. The van der Waals surface area contributed by atoms with Crippen LogP contribution >= 0.6 is 11.6 Å². The Kier molecular flexibility index (Phi) is 6.71. The summed E-state index contributed by atoms with van der Waals surface area (Å²) in [6, 6.07) is 12.7. The molecule has 1 amide bonds. The van der Waals surface area contributed by atoms with E-state index in [0.717, 1.165) is 11.3 Å². The van der Waals surface area contributed by atoms with Gasteiger partial charge in [0.15, 0.2) is 6.10 Å². The fourth-order valence-electron chi connectivity index (χ4n) is 2.32. The molecule has 0 aliphatic rings. The fourth-order valence-corrected chi connectivity index (χ4v) is 2.44. The number of halogens is 1. The molecule has 0 fully saturated rings. The predicted molar refractivity (Wildman–Crippen MR) is 102 cm³/mol. The molecule has 2 aromatic carbocycles. The van der Waals surface area contributed by atoms with Gasteiger partial charge in [0.1, 0.15) is 11.5 Å². The second-order valence-electron chi connectivity index (χ2n) is 6.11. The van der Waals surface area contributed by atoms with Crippen molar-refractivity contribution in [2.75, 3.05) is 5.32 Å². The van der Waals surface area contributed by atoms with E-state index in [9.17, 15) is 4.79 Å². The van der Waals surface area contributed by atoms with Gasteiger partial charge in [-0.25, -0.2) is 0 Å². The first kappa shape index (κ1) is 19.1. The summed E-state index contributed by atoms with van der Waals surface area (Å²) in [6.07, 6.45) is 0.0384. The molecule has 0 heterocycles. The van der Waals surface area contributed by atoms with Gasteiger partial charge >= 0.3 is 0 Å². The average molecular weight is 362 g/mol. The van der Waals surface area contributed by atoms with E-state index >= 15 is 0 Å². The highest BCUT2D eigenvalue weighted by molar-refractivity contribution is 6.31. The summed E-state index contributed by atoms with van der Waals surface area (Å²) in [4.78, 5) is 12.5. The molecule has 5 heteroatoms. The molecule has 0 aliphatic heterocycles. The minimum absolute atomic E-state index is 0.0748. The van der Waals surface area contributed by atoms with Crippen LogP contribution in [0.4, 0.5) is 5.69 Å². The van der Waals surface area contributed by atoms with Crippen LogP contribution in [0, 0.1) is 6.92 Å². The Morgan fingerprint density at radius 1 is 1.12 bits per heavy atom. The maximum Gasteiger partial charge on any atom is 0.265 e. The van der Waals surface area contributed by atoms with Crippen LogP contribution in [0.25, 0.3) is 0 Å². The third-order valence-electron chi connectivity index (χ3n) is 3.54. The van der Waals surface area contributed by atoms with Crippen LogP contribution in [0.3, 0.4) is 0 Å². The van der Waals surface area contributed by atoms with Crippen LogP contribution in [0.5, 0.6) is 11.5 Å². The number of anilines is 1. The van der Waals surface area contributed by atoms with Gasteiger partial charge in [-0.2, -0.15) is 0 Å². The van der Waals surface area contributed by atoms with Crippen LogP contribution in [-0.2, 0) is 4.79 Å². The Hall–Kier alpha value is -2.20. The molecule has 1 unspecified atom stereocenters. The van der Waals surface area contributed by atoms with Gasteiger partial charge < -0.3 is 14.8 Å². The van der Waals surface area contributed by atoms with E-state index in [1.54, 1.807) is 18.2 Å². The van der Waals surface area contributed by atoms with E-state index in [-0.39, 0.29) is 12.0 Å². The molecule has 2 rings (SSSR count). The van der Waals surface area contributed by atoms with E-state index < -0.39 is 6.10 Å². The Balaban J connectivity index is 2.05. The van der Waals surface area contributed by atoms with Gasteiger partial charge in [0.25, 0.3) is 5.91 Å². The molecule has 25 heavy (non-hydrogen) atoms. The van der Waals surface area contributed by atoms with Gasteiger partial charge in [-0.05, 0) is 63.1 Å². The lowest BCUT2D eigenvalue weighted by Gasteiger charge is -2.18. The van der Waals surface area contributed by atoms with Crippen molar-refractivity contribution in [3.8, 4) is 11.5 Å². The largest absolute Gasteiger partial charge is 0.491 e. The quantitative estimate of drug-likeness (QED) is 0.734. The molecule has 2 aromatic rings. The zero-order valence-electron chi connectivity index (χ0n) is 15.0. The lowest BCUT2D eigenvalue weighted by molar-refractivity contribution is -0.122. The molecule has 0 saturated carbocycles. The van der Waals surface area contributed by atoms with E-state index in [4.69, 9.17) is 21.1 Å². The molecular formula is C20H24ClNO3. The Labute approximate surface area is 154 Å². The van der Waals surface area contributed by atoms with Crippen LogP contribution < -0.4 is 14.8 Å². The molecule has 0 aromatic heterocycles. The Morgan fingerprint density at radius 2 is 1.84 bits per heavy atom. The van der Waals surface area contributed by atoms with E-state index in [1.165, 1.54) is 0 Å². The monoisotopic (exact) mass is 361 g/mol. The third kappa shape index (κ3) is 5.68. The van der Waals surface area contributed by atoms with Gasteiger partial charge in [-0.15, -0.1) is 0 Å². The highest BCUT2D eigenvalue weighted by Crippen LogP contribution is 2.23. The maximum atomic E-state index is 12.5. The molecule has 134 valence electrons. The average Bonchev–Trinajstić information content (AvgIpc) is 2.55. The van der Waals surface area contributed by atoms with Gasteiger partial charge in [0.2, 0.25) is 0 Å². The second-order valence-corrected chi connectivity index (χ2v) is 6.52. The van der Waals surface area contributed by atoms with Crippen LogP contribution in [0.15, 0.2) is 42.5 Å². The van der Waals surface area contributed by atoms with E-state index in [0.29, 0.717) is 22.9 Å². The SMILES string of the molecule is CCC(Oc1ccc(Cl)c(C)c1)C(=O)Nc1cccc(OC(C)C)c1. The highest BCUT2D eigenvalue weighted by atomic mass is 35.5. The van der Waals surface area contributed by atoms with Crippen molar-refractivity contribution in [3.05, 3.63) is 53.1 Å². The topological polar surface area (TPSA) is 47.6 Å². The first-order valence-corrected chi connectivity index (χ1v) is 8.77. The van der Waals surface area contributed by atoms with Crippen LogP contribution in [0.1, 0.15) is 32.8 Å². The summed E-state index contributed by atoms with van der Waals surface area (Å²) in [7, 11) is 0. The minimum Gasteiger partial charge on any atom is -0.491 e. The first-order chi connectivity index (χ1) is 11.9. The summed E-state index contributed by atoms with van der Waals surface area (Å²) >= 11 is 6.02. The molecular weight excluding hydrogens is 338 g/mol. The molecule has 4 nitrogen and oxygen atoms in total. The van der Waals surface area contributed by atoms with E-state index in [1.807, 2.05) is 52.0 Å². The number of aryl methyl sites for hydroxylation is 1. The standard InChI is InChI=1S/C20H24ClNO3/c1-5-19(25-17-9-10-18(21)14(4)11-17)20(23)22-15-7-6-8-16(12-15)24-13(2)3/h6-13,19H,5H2,1-4H3,(H,22,23). The van der Waals surface area contributed by atoms with Gasteiger partial charge in [0.05, 0.1) is 6.10 Å². The highest BCUT2D eigenvalue weighted by Gasteiger charge is 2.19. The van der Waals surface area contributed by atoms with Crippen molar-refractivity contribution in [3.63, 3.8) is 0 Å². The van der Waals surface area contributed by atoms with Gasteiger partial charge in [-0.3, -0.25) is 4.79 Å². The number of carbonyl (C=O) groups excluding carboxylic acids is 1. The van der Waals surface area contributed by atoms with Crippen molar-refractivity contribution in [2.45, 2.75) is 46.3 Å². The number of amides is 1. The third-order valence-corrected chi connectivity index (χ3v) is 3.97. The minimum atomic E-state index is -0.588. The summed E-state index contributed by atoms with van der Waals surface area (Å²) in [5, 5.41) is 3.56. The number of rotatable bonds is 7. The summed E-state index contributed by atoms with van der Waals surface area (Å²) in [5.41, 5.74) is 1.59. The molecule has 0 bridgehead atoms. The van der Waals surface area contributed by atoms with Crippen LogP contribution in [-0.4, -0.2) is 18.1 Å². The van der Waals surface area contributed by atoms with Gasteiger partial charge in [-0.1, -0.05) is 24.6 Å². The van der Waals surface area contributed by atoms with E-state index in [2.05, 4.69) is 5.32 Å². The zero-order chi connectivity index (χ0) is 18.4. The molecule has 0 spiro atoms. The fraction of sp³-hybridized carbons (Fsp3) is 0.350. The lowest BCUT2D eigenvalue weighted by atomic mass is 10.2. The molecule has 0 saturated heterocycles. The van der Waals surface area contributed by atoms with Crippen molar-refractivity contribution in [2.24, 2.45) is 0 Å². The van der Waals surface area contributed by atoms with Crippen molar-refractivity contribution >= 4 is 23.2 Å². The molecule has 0 radical (unpaired) electrons. The van der Waals surface area contributed by atoms with Crippen molar-refractivity contribution < 1.29 is 14.3 Å². The predicted octanol–water partition coefficient (Wildman–Crippen LogP) is 5.23. The number of carbonyl (C=O) groups is 1. The Bertz CT molecular complexity index is 731. The molecule has 1 N–H and O–H groups in total. The number of hydrogen-bond acceptors (Lipinski definition) is 3. The smallest absolute Gasteiger partial charge is 0.265 e. The van der Waals surface area contributed by atoms with Crippen molar-refractivity contribution in [1.82, 2.24) is 0 Å². The summed E-state index contributed by atoms with van der Waals surface area (Å²) < 4.78 is 11.5. The number of ether oxygens (including phenoxy) is 2. The second kappa shape index (κ2) is 8.77. The zero-order valence-corrected chi connectivity index (χ0v) is 15.8. The molecule has 0 aliphatic carbocycles. The number of nitrogens with one attached hydrogen (secondary N) is 1. The summed E-state index contributed by atoms with van der Waals surface area (Å²) in [6.45, 7) is 7.72.